The highest BCUT2D eigenvalue weighted by Crippen LogP contribution is 2.60. The van der Waals surface area contributed by atoms with E-state index in [0.29, 0.717) is 0 Å². The number of hydrogen-bond acceptors (Lipinski definition) is 3. The van der Waals surface area contributed by atoms with Gasteiger partial charge in [-0.05, 0) is 26.2 Å². The number of phosphoric acid groups is 1. The highest BCUT2D eigenvalue weighted by atomic mass is 31.2. The Morgan fingerprint density at radius 1 is 0.818 bits per heavy atom. The molecule has 0 aliphatic rings. The van der Waals surface area contributed by atoms with Gasteiger partial charge in [-0.3, -0.25) is 9.05 Å². The molecule has 0 heterocycles. The van der Waals surface area contributed by atoms with Gasteiger partial charge in [0.25, 0.3) is 0 Å². The zero-order valence-electron chi connectivity index (χ0n) is 15.6. The van der Waals surface area contributed by atoms with Crippen molar-refractivity contribution in [3.05, 3.63) is 0 Å². The van der Waals surface area contributed by atoms with Crippen LogP contribution in [0.1, 0.15) is 66.2 Å². The average Bonchev–Trinajstić information content (AvgIpc) is 2.55. The number of hydrogen-bond donors (Lipinski definition) is 1. The van der Waals surface area contributed by atoms with Crippen LogP contribution in [0.3, 0.4) is 0 Å². The molecule has 4 nitrogen and oxygen atoms in total. The van der Waals surface area contributed by atoms with Crippen molar-refractivity contribution in [1.29, 1.82) is 0 Å². The van der Waals surface area contributed by atoms with Crippen molar-refractivity contribution >= 4 is 15.1 Å². The lowest BCUT2D eigenvalue weighted by Gasteiger charge is -2.26. The maximum absolute atomic E-state index is 10.1. The third-order valence-corrected chi connectivity index (χ3v) is 10.1. The van der Waals surface area contributed by atoms with E-state index in [0.717, 1.165) is 14.2 Å². The van der Waals surface area contributed by atoms with Gasteiger partial charge in [0.05, 0.1) is 24.6 Å². The van der Waals surface area contributed by atoms with E-state index in [9.17, 15) is 4.57 Å². The van der Waals surface area contributed by atoms with Gasteiger partial charge in [0, 0.05) is 21.5 Å². The molecule has 0 aliphatic heterocycles. The standard InChI is InChI=1S/C14H32P.C2H7O4P/c1-5-9-12-15(8-4,13-10-6-2)14-11-7-3;1-5-7(3,4)6-2/h5-14H2,1-4H3;1-2H3,(H,3,4)/q+1;. The van der Waals surface area contributed by atoms with Crippen LogP contribution in [0.5, 0.6) is 0 Å². The lowest BCUT2D eigenvalue weighted by atomic mass is 10.4. The third-order valence-electron chi connectivity index (χ3n) is 4.09. The topological polar surface area (TPSA) is 55.8 Å². The summed E-state index contributed by atoms with van der Waals surface area (Å²) in [7, 11) is -1.98. The molecule has 0 bridgehead atoms. The molecular formula is C16H39O4P2+. The van der Waals surface area contributed by atoms with E-state index in [1.165, 1.54) is 44.7 Å². The van der Waals surface area contributed by atoms with Gasteiger partial charge in [-0.25, -0.2) is 4.57 Å². The summed E-state index contributed by atoms with van der Waals surface area (Å²) in [6.45, 7) is 9.46. The van der Waals surface area contributed by atoms with Gasteiger partial charge >= 0.3 is 7.82 Å². The van der Waals surface area contributed by atoms with Crippen LogP contribution in [0, 0.1) is 0 Å². The molecule has 0 atom stereocenters. The van der Waals surface area contributed by atoms with Crippen LogP contribution in [0.15, 0.2) is 0 Å². The summed E-state index contributed by atoms with van der Waals surface area (Å²) in [5, 5.41) is 0. The molecule has 0 fully saturated rings. The molecule has 0 saturated heterocycles. The monoisotopic (exact) mass is 357 g/mol. The van der Waals surface area contributed by atoms with E-state index in [1.807, 2.05) is 0 Å². The van der Waals surface area contributed by atoms with Crippen LogP contribution in [0.4, 0.5) is 0 Å². The Balaban J connectivity index is 0. The second-order valence-electron chi connectivity index (χ2n) is 5.72. The molecule has 0 rings (SSSR count). The number of unbranched alkanes of at least 4 members (excludes halogenated alkanes) is 3. The van der Waals surface area contributed by atoms with Crippen LogP contribution in [-0.2, 0) is 13.6 Å². The highest BCUT2D eigenvalue weighted by molar-refractivity contribution is 7.75. The zero-order valence-corrected chi connectivity index (χ0v) is 17.4. The van der Waals surface area contributed by atoms with Crippen molar-refractivity contribution < 1.29 is 18.5 Å². The molecule has 22 heavy (non-hydrogen) atoms. The lowest BCUT2D eigenvalue weighted by molar-refractivity contribution is 0.204. The number of phosphoric ester groups is 1. The van der Waals surface area contributed by atoms with Crippen LogP contribution in [0.2, 0.25) is 0 Å². The molecule has 6 heteroatoms. The van der Waals surface area contributed by atoms with Crippen molar-refractivity contribution in [2.24, 2.45) is 0 Å². The second kappa shape index (κ2) is 15.1. The molecule has 0 radical (unpaired) electrons. The first-order valence-electron chi connectivity index (χ1n) is 8.66. The van der Waals surface area contributed by atoms with E-state index in [-0.39, 0.29) is 0 Å². The summed E-state index contributed by atoms with van der Waals surface area (Å²) >= 11 is 0. The normalized spacial score (nSPS) is 12.0. The van der Waals surface area contributed by atoms with Gasteiger partial charge in [0.2, 0.25) is 0 Å². The largest absolute Gasteiger partial charge is 0.471 e. The molecule has 0 aromatic heterocycles. The predicted molar refractivity (Wildman–Crippen MR) is 101 cm³/mol. The fourth-order valence-corrected chi connectivity index (χ4v) is 7.09. The fraction of sp³-hybridized carbons (Fsp3) is 1.00. The highest BCUT2D eigenvalue weighted by Gasteiger charge is 2.32. The quantitative estimate of drug-likeness (QED) is 0.448. The van der Waals surface area contributed by atoms with Gasteiger partial charge in [-0.15, -0.1) is 0 Å². The summed E-state index contributed by atoms with van der Waals surface area (Å²) in [4.78, 5) is 8.24. The minimum atomic E-state index is -3.65. The Kier molecular flexibility index (Phi) is 17.0. The van der Waals surface area contributed by atoms with E-state index in [1.54, 1.807) is 18.5 Å². The molecule has 0 aromatic rings. The summed E-state index contributed by atoms with van der Waals surface area (Å²) in [6.07, 6.45) is 14.9. The molecular weight excluding hydrogens is 318 g/mol. The van der Waals surface area contributed by atoms with Crippen LogP contribution >= 0.6 is 15.1 Å². The molecule has 0 aromatic carbocycles. The third kappa shape index (κ3) is 13.0. The second-order valence-corrected chi connectivity index (χ2v) is 12.0. The Morgan fingerprint density at radius 2 is 1.14 bits per heavy atom. The smallest absolute Gasteiger partial charge is 0.303 e. The van der Waals surface area contributed by atoms with Crippen molar-refractivity contribution in [1.82, 2.24) is 0 Å². The SMILES string of the molecule is CCCC[P+](CC)(CCCC)CCCC.COP(=O)(O)OC. The van der Waals surface area contributed by atoms with Crippen molar-refractivity contribution in [2.45, 2.75) is 66.2 Å². The minimum absolute atomic E-state index is 0.527. The summed E-state index contributed by atoms with van der Waals surface area (Å²) in [5.74, 6) is 0. The molecule has 0 spiro atoms. The molecule has 0 amide bonds. The van der Waals surface area contributed by atoms with Crippen molar-refractivity contribution in [3.63, 3.8) is 0 Å². The van der Waals surface area contributed by atoms with Crippen LogP contribution < -0.4 is 0 Å². The first kappa shape index (κ1) is 24.8. The van der Waals surface area contributed by atoms with Gasteiger partial charge < -0.3 is 4.89 Å². The molecule has 136 valence electrons. The van der Waals surface area contributed by atoms with Gasteiger partial charge in [-0.2, -0.15) is 0 Å². The molecule has 1 N–H and O–H groups in total. The average molecular weight is 357 g/mol. The molecule has 0 aliphatic carbocycles. The fourth-order valence-electron chi connectivity index (χ4n) is 2.36. The minimum Gasteiger partial charge on any atom is -0.303 e. The maximum atomic E-state index is 10.1. The van der Waals surface area contributed by atoms with Crippen molar-refractivity contribution in [2.75, 3.05) is 38.9 Å². The van der Waals surface area contributed by atoms with Gasteiger partial charge in [0.15, 0.2) is 0 Å². The Bertz CT molecular complexity index is 256. The number of rotatable bonds is 12. The zero-order chi connectivity index (χ0) is 17.5. The Morgan fingerprint density at radius 3 is 1.27 bits per heavy atom. The van der Waals surface area contributed by atoms with Gasteiger partial charge in [-0.1, -0.05) is 40.0 Å². The summed E-state index contributed by atoms with van der Waals surface area (Å²) in [5.41, 5.74) is 0. The first-order valence-corrected chi connectivity index (χ1v) is 12.7. The van der Waals surface area contributed by atoms with E-state index in [4.69, 9.17) is 4.89 Å². The van der Waals surface area contributed by atoms with Crippen LogP contribution in [-0.4, -0.2) is 43.8 Å². The first-order chi connectivity index (χ1) is 10.4. The Hall–Kier alpha value is 0.540. The lowest BCUT2D eigenvalue weighted by Crippen LogP contribution is -2.11. The molecule has 0 unspecified atom stereocenters. The van der Waals surface area contributed by atoms with E-state index < -0.39 is 15.1 Å². The van der Waals surface area contributed by atoms with Crippen LogP contribution in [0.25, 0.3) is 0 Å². The van der Waals surface area contributed by atoms with Crippen molar-refractivity contribution in [3.8, 4) is 0 Å². The van der Waals surface area contributed by atoms with Gasteiger partial charge in [0.1, 0.15) is 0 Å². The summed E-state index contributed by atoms with van der Waals surface area (Å²) in [6, 6.07) is 0. The molecule has 0 saturated carbocycles. The van der Waals surface area contributed by atoms with E-state index >= 15 is 0 Å². The Labute approximate surface area is 139 Å². The predicted octanol–water partition coefficient (Wildman–Crippen LogP) is 5.80. The maximum Gasteiger partial charge on any atom is 0.471 e. The summed E-state index contributed by atoms with van der Waals surface area (Å²) < 4.78 is 18.0. The van der Waals surface area contributed by atoms with E-state index in [2.05, 4.69) is 36.7 Å².